The molecule has 3 nitrogen and oxygen atoms in total. The van der Waals surface area contributed by atoms with Crippen LogP contribution in [0.15, 0.2) is 35.1 Å². The van der Waals surface area contributed by atoms with Crippen LogP contribution in [0.2, 0.25) is 0 Å². The molecular weight excluding hydrogens is 260 g/mol. The van der Waals surface area contributed by atoms with E-state index in [9.17, 15) is 4.79 Å². The second kappa shape index (κ2) is 6.33. The number of benzene rings is 1. The molecule has 1 aromatic heterocycles. The van der Waals surface area contributed by atoms with Gasteiger partial charge in [0.25, 0.3) is 5.56 Å². The molecular formula is C18H24N2O. The molecule has 3 heteroatoms. The van der Waals surface area contributed by atoms with Gasteiger partial charge < -0.3 is 10.3 Å². The number of hydrogen-bond donors (Lipinski definition) is 2. The zero-order valence-corrected chi connectivity index (χ0v) is 12.7. The van der Waals surface area contributed by atoms with Gasteiger partial charge in [0, 0.05) is 11.9 Å². The lowest BCUT2D eigenvalue weighted by Crippen LogP contribution is -2.22. The summed E-state index contributed by atoms with van der Waals surface area (Å²) in [5.74, 6) is 2.51. The molecule has 1 aromatic carbocycles. The van der Waals surface area contributed by atoms with Gasteiger partial charge in [-0.15, -0.1) is 0 Å². The summed E-state index contributed by atoms with van der Waals surface area (Å²) in [6.45, 7) is 3.26. The van der Waals surface area contributed by atoms with Crippen molar-refractivity contribution in [1.29, 1.82) is 0 Å². The van der Waals surface area contributed by atoms with Gasteiger partial charge in [0.05, 0.1) is 0 Å². The smallest absolute Gasteiger partial charge is 0.257 e. The van der Waals surface area contributed by atoms with Crippen molar-refractivity contribution in [3.05, 3.63) is 40.7 Å². The summed E-state index contributed by atoms with van der Waals surface area (Å²) in [6, 6.07) is 9.76. The first-order chi connectivity index (χ1) is 10.3. The highest BCUT2D eigenvalue weighted by atomic mass is 16.1. The van der Waals surface area contributed by atoms with Gasteiger partial charge in [-0.25, -0.2) is 0 Å². The van der Waals surface area contributed by atoms with Gasteiger partial charge in [0.1, 0.15) is 5.82 Å². The van der Waals surface area contributed by atoms with E-state index in [0.29, 0.717) is 0 Å². The van der Waals surface area contributed by atoms with Crippen LogP contribution in [0.5, 0.6) is 0 Å². The van der Waals surface area contributed by atoms with Crippen LogP contribution >= 0.6 is 0 Å². The lowest BCUT2D eigenvalue weighted by molar-refractivity contribution is 0.278. The third kappa shape index (κ3) is 3.29. The molecule has 1 fully saturated rings. The van der Waals surface area contributed by atoms with Crippen molar-refractivity contribution < 1.29 is 0 Å². The van der Waals surface area contributed by atoms with E-state index in [1.165, 1.54) is 32.1 Å². The quantitative estimate of drug-likeness (QED) is 0.885. The van der Waals surface area contributed by atoms with E-state index < -0.39 is 0 Å². The largest absolute Gasteiger partial charge is 0.371 e. The van der Waals surface area contributed by atoms with E-state index in [1.807, 2.05) is 30.3 Å². The first kappa shape index (κ1) is 14.2. The fourth-order valence-corrected chi connectivity index (χ4v) is 3.40. The van der Waals surface area contributed by atoms with Crippen molar-refractivity contribution in [2.75, 3.05) is 11.9 Å². The number of fused-ring (bicyclic) bond motifs is 1. The molecule has 0 radical (unpaired) electrons. The fourth-order valence-electron chi connectivity index (χ4n) is 3.40. The number of H-pyrrole nitrogens is 1. The number of hydrogen-bond acceptors (Lipinski definition) is 2. The Morgan fingerprint density at radius 1 is 1.14 bits per heavy atom. The van der Waals surface area contributed by atoms with Crippen LogP contribution in [0.25, 0.3) is 10.8 Å². The van der Waals surface area contributed by atoms with Crippen LogP contribution in [0.4, 0.5) is 5.82 Å². The van der Waals surface area contributed by atoms with Crippen molar-refractivity contribution in [3.63, 3.8) is 0 Å². The van der Waals surface area contributed by atoms with E-state index in [0.717, 1.165) is 35.0 Å². The second-order valence-electron chi connectivity index (χ2n) is 6.28. The highest BCUT2D eigenvalue weighted by Crippen LogP contribution is 2.30. The average molecular weight is 284 g/mol. The molecule has 2 aromatic rings. The average Bonchev–Trinajstić information content (AvgIpc) is 2.53. The molecule has 1 aliphatic rings. The van der Waals surface area contributed by atoms with E-state index in [4.69, 9.17) is 0 Å². The van der Waals surface area contributed by atoms with E-state index in [-0.39, 0.29) is 5.56 Å². The van der Waals surface area contributed by atoms with Gasteiger partial charge in [-0.05, 0) is 42.2 Å². The first-order valence-electron chi connectivity index (χ1n) is 8.12. The molecule has 3 rings (SSSR count). The maximum absolute atomic E-state index is 12.0. The van der Waals surface area contributed by atoms with E-state index in [1.54, 1.807) is 0 Å². The van der Waals surface area contributed by atoms with Crippen LogP contribution in [0.3, 0.4) is 0 Å². The van der Waals surface area contributed by atoms with Crippen LogP contribution in [0, 0.1) is 11.8 Å². The van der Waals surface area contributed by atoms with Gasteiger partial charge in [-0.3, -0.25) is 4.79 Å². The zero-order valence-electron chi connectivity index (χ0n) is 12.7. The number of anilines is 1. The Morgan fingerprint density at radius 3 is 2.62 bits per heavy atom. The molecule has 0 bridgehead atoms. The summed E-state index contributed by atoms with van der Waals surface area (Å²) in [5.41, 5.74) is -0.00899. The van der Waals surface area contributed by atoms with Crippen molar-refractivity contribution >= 4 is 16.6 Å². The van der Waals surface area contributed by atoms with E-state index >= 15 is 0 Å². The number of aromatic amines is 1. The van der Waals surface area contributed by atoms with Crippen LogP contribution in [-0.4, -0.2) is 11.5 Å². The topological polar surface area (TPSA) is 44.9 Å². The van der Waals surface area contributed by atoms with Crippen molar-refractivity contribution in [1.82, 2.24) is 4.98 Å². The molecule has 0 saturated heterocycles. The molecule has 2 N–H and O–H groups in total. The lowest BCUT2D eigenvalue weighted by Gasteiger charge is -2.28. The first-order valence-corrected chi connectivity index (χ1v) is 8.12. The molecule has 1 saturated carbocycles. The molecule has 112 valence electrons. The zero-order chi connectivity index (χ0) is 14.7. The predicted octanol–water partition coefficient (Wildman–Crippen LogP) is 4.16. The Labute approximate surface area is 125 Å². The Morgan fingerprint density at radius 2 is 1.86 bits per heavy atom. The number of aromatic nitrogens is 1. The van der Waals surface area contributed by atoms with Crippen molar-refractivity contribution in [2.45, 2.75) is 39.0 Å². The van der Waals surface area contributed by atoms with Crippen LogP contribution in [-0.2, 0) is 0 Å². The van der Waals surface area contributed by atoms with Crippen molar-refractivity contribution in [2.24, 2.45) is 11.8 Å². The maximum Gasteiger partial charge on any atom is 0.257 e. The molecule has 21 heavy (non-hydrogen) atoms. The molecule has 1 heterocycles. The SMILES string of the molecule is CCC1CCC(CNc2cc3ccccc3c(=O)[nH]2)CC1. The normalized spacial score (nSPS) is 22.3. The van der Waals surface area contributed by atoms with Gasteiger partial charge in [0.2, 0.25) is 0 Å². The summed E-state index contributed by atoms with van der Waals surface area (Å²) < 4.78 is 0. The summed E-state index contributed by atoms with van der Waals surface area (Å²) >= 11 is 0. The summed E-state index contributed by atoms with van der Waals surface area (Å²) in [4.78, 5) is 15.0. The van der Waals surface area contributed by atoms with Gasteiger partial charge in [-0.1, -0.05) is 44.4 Å². The maximum atomic E-state index is 12.0. The van der Waals surface area contributed by atoms with Gasteiger partial charge >= 0.3 is 0 Å². The minimum absolute atomic E-state index is 0.00899. The minimum Gasteiger partial charge on any atom is -0.371 e. The second-order valence-corrected chi connectivity index (χ2v) is 6.28. The number of nitrogens with one attached hydrogen (secondary N) is 2. The summed E-state index contributed by atoms with van der Waals surface area (Å²) in [6.07, 6.45) is 6.65. The van der Waals surface area contributed by atoms with Crippen LogP contribution < -0.4 is 10.9 Å². The number of rotatable bonds is 4. The van der Waals surface area contributed by atoms with Crippen LogP contribution in [0.1, 0.15) is 39.0 Å². The predicted molar refractivity (Wildman–Crippen MR) is 88.8 cm³/mol. The Hall–Kier alpha value is -1.77. The molecule has 0 amide bonds. The molecule has 0 aliphatic heterocycles. The Balaban J connectivity index is 1.65. The number of pyridine rings is 1. The highest BCUT2D eigenvalue weighted by molar-refractivity contribution is 5.83. The Bertz CT molecular complexity index is 654. The van der Waals surface area contributed by atoms with Gasteiger partial charge in [0.15, 0.2) is 0 Å². The molecule has 0 spiro atoms. The summed E-state index contributed by atoms with van der Waals surface area (Å²) in [7, 11) is 0. The Kier molecular flexibility index (Phi) is 4.28. The molecule has 0 unspecified atom stereocenters. The summed E-state index contributed by atoms with van der Waals surface area (Å²) in [5, 5.41) is 5.18. The fraction of sp³-hybridized carbons (Fsp3) is 0.500. The third-order valence-electron chi connectivity index (χ3n) is 4.88. The standard InChI is InChI=1S/C18H24N2O/c1-2-13-7-9-14(10-8-13)12-19-17-11-15-5-3-4-6-16(15)18(21)20-17/h3-6,11,13-14H,2,7-10,12H2,1H3,(H2,19,20,21). The third-order valence-corrected chi connectivity index (χ3v) is 4.88. The monoisotopic (exact) mass is 284 g/mol. The van der Waals surface area contributed by atoms with E-state index in [2.05, 4.69) is 17.2 Å². The molecule has 1 aliphatic carbocycles. The lowest BCUT2D eigenvalue weighted by atomic mass is 9.81. The molecule has 0 atom stereocenters. The minimum atomic E-state index is -0.00899. The van der Waals surface area contributed by atoms with Crippen molar-refractivity contribution in [3.8, 4) is 0 Å². The highest BCUT2D eigenvalue weighted by Gasteiger charge is 2.19. The van der Waals surface area contributed by atoms with Gasteiger partial charge in [-0.2, -0.15) is 0 Å².